The van der Waals surface area contributed by atoms with Crippen LogP contribution in [0.1, 0.15) is 15.9 Å². The number of fused-ring (bicyclic) bond motifs is 1. The summed E-state index contributed by atoms with van der Waals surface area (Å²) in [7, 11) is 0. The topological polar surface area (TPSA) is 75.7 Å². The minimum absolute atomic E-state index is 0.134. The second kappa shape index (κ2) is 6.54. The number of anilines is 2. The summed E-state index contributed by atoms with van der Waals surface area (Å²) in [5, 5.41) is 2.75. The monoisotopic (exact) mass is 324 g/mol. The number of ether oxygens (including phenoxy) is 1. The number of benzene rings is 2. The first kappa shape index (κ1) is 15.7. The van der Waals surface area contributed by atoms with Crippen LogP contribution in [-0.2, 0) is 9.59 Å². The summed E-state index contributed by atoms with van der Waals surface area (Å²) in [5.41, 5.74) is 2.59. The number of nitrogens with zero attached hydrogens (tertiary/aromatic N) is 1. The van der Waals surface area contributed by atoms with Crippen molar-refractivity contribution in [1.29, 1.82) is 0 Å². The Morgan fingerprint density at radius 2 is 2.00 bits per heavy atom. The highest BCUT2D eigenvalue weighted by Gasteiger charge is 2.27. The molecule has 0 atom stereocenters. The molecule has 0 aromatic heterocycles. The molecule has 1 aliphatic rings. The fourth-order valence-electron chi connectivity index (χ4n) is 2.45. The second-order valence-electron chi connectivity index (χ2n) is 5.53. The van der Waals surface area contributed by atoms with Gasteiger partial charge in [0.25, 0.3) is 5.91 Å². The third-order valence-electron chi connectivity index (χ3n) is 3.70. The van der Waals surface area contributed by atoms with Gasteiger partial charge in [-0.15, -0.1) is 0 Å². The van der Waals surface area contributed by atoms with Crippen molar-refractivity contribution in [2.75, 3.05) is 23.4 Å². The lowest BCUT2D eigenvalue weighted by Gasteiger charge is -2.29. The lowest BCUT2D eigenvalue weighted by atomic mass is 10.1. The van der Waals surface area contributed by atoms with Gasteiger partial charge in [0.05, 0.1) is 5.69 Å². The minimum Gasteiger partial charge on any atom is -0.482 e. The highest BCUT2D eigenvalue weighted by Crippen LogP contribution is 2.32. The average Bonchev–Trinajstić information content (AvgIpc) is 2.59. The molecule has 2 aromatic rings. The third-order valence-corrected chi connectivity index (χ3v) is 3.70. The Labute approximate surface area is 139 Å². The van der Waals surface area contributed by atoms with Gasteiger partial charge in [-0.3, -0.25) is 19.3 Å². The van der Waals surface area contributed by atoms with Gasteiger partial charge in [-0.1, -0.05) is 17.7 Å². The first-order chi connectivity index (χ1) is 11.6. The van der Waals surface area contributed by atoms with Gasteiger partial charge in [0, 0.05) is 11.3 Å². The Balaban J connectivity index is 1.79. The molecule has 0 aliphatic carbocycles. The SMILES string of the molecule is Cc1ccc(NC(=O)CN2C(=O)COc3ccc(C=O)cc32)cc1. The number of aryl methyl sites for hydroxylation is 1. The largest absolute Gasteiger partial charge is 0.482 e. The highest BCUT2D eigenvalue weighted by atomic mass is 16.5. The lowest BCUT2D eigenvalue weighted by Crippen LogP contribution is -2.43. The molecule has 24 heavy (non-hydrogen) atoms. The summed E-state index contributed by atoms with van der Waals surface area (Å²) < 4.78 is 5.34. The molecule has 0 bridgehead atoms. The molecule has 1 heterocycles. The summed E-state index contributed by atoms with van der Waals surface area (Å²) in [6, 6.07) is 12.1. The maximum Gasteiger partial charge on any atom is 0.265 e. The maximum atomic E-state index is 12.3. The number of nitrogens with one attached hydrogen (secondary N) is 1. The lowest BCUT2D eigenvalue weighted by molar-refractivity contribution is -0.123. The Morgan fingerprint density at radius 1 is 1.25 bits per heavy atom. The quantitative estimate of drug-likeness (QED) is 0.875. The van der Waals surface area contributed by atoms with Gasteiger partial charge in [0.1, 0.15) is 18.6 Å². The number of amides is 2. The Morgan fingerprint density at radius 3 is 2.71 bits per heavy atom. The standard InChI is InChI=1S/C18H16N2O4/c1-12-2-5-14(6-3-12)19-17(22)9-20-15-8-13(10-21)4-7-16(15)24-11-18(20)23/h2-8,10H,9,11H2,1H3,(H,19,22). The highest BCUT2D eigenvalue weighted by molar-refractivity contribution is 6.05. The molecular weight excluding hydrogens is 308 g/mol. The van der Waals surface area contributed by atoms with E-state index < -0.39 is 0 Å². The van der Waals surface area contributed by atoms with Gasteiger partial charge in [-0.05, 0) is 37.3 Å². The predicted molar refractivity (Wildman–Crippen MR) is 89.5 cm³/mol. The van der Waals surface area contributed by atoms with Crippen molar-refractivity contribution in [3.63, 3.8) is 0 Å². The molecule has 1 aliphatic heterocycles. The van der Waals surface area contributed by atoms with Crippen LogP contribution in [0.4, 0.5) is 11.4 Å². The number of carbonyl (C=O) groups is 3. The van der Waals surface area contributed by atoms with E-state index in [0.29, 0.717) is 29.0 Å². The first-order valence-electron chi connectivity index (χ1n) is 7.46. The van der Waals surface area contributed by atoms with Crippen molar-refractivity contribution in [2.24, 2.45) is 0 Å². The number of hydrogen-bond acceptors (Lipinski definition) is 4. The maximum absolute atomic E-state index is 12.3. The van der Waals surface area contributed by atoms with Crippen LogP contribution in [0.25, 0.3) is 0 Å². The van der Waals surface area contributed by atoms with E-state index in [9.17, 15) is 14.4 Å². The predicted octanol–water partition coefficient (Wildman–Crippen LogP) is 2.17. The molecule has 0 unspecified atom stereocenters. The van der Waals surface area contributed by atoms with E-state index in [2.05, 4.69) is 5.32 Å². The fourth-order valence-corrected chi connectivity index (χ4v) is 2.45. The zero-order chi connectivity index (χ0) is 17.1. The zero-order valence-corrected chi connectivity index (χ0v) is 13.1. The Bertz CT molecular complexity index is 799. The van der Waals surface area contributed by atoms with Crippen molar-refractivity contribution >= 4 is 29.5 Å². The van der Waals surface area contributed by atoms with Crippen LogP contribution in [0.5, 0.6) is 5.75 Å². The van der Waals surface area contributed by atoms with E-state index in [1.807, 2.05) is 19.1 Å². The molecule has 3 rings (SSSR count). The first-order valence-corrected chi connectivity index (χ1v) is 7.46. The number of rotatable bonds is 4. The van der Waals surface area contributed by atoms with Crippen LogP contribution in [0.15, 0.2) is 42.5 Å². The minimum atomic E-state index is -0.329. The Hall–Kier alpha value is -3.15. The van der Waals surface area contributed by atoms with Crippen LogP contribution < -0.4 is 15.0 Å². The second-order valence-corrected chi connectivity index (χ2v) is 5.53. The van der Waals surface area contributed by atoms with Gasteiger partial charge < -0.3 is 10.1 Å². The van der Waals surface area contributed by atoms with Crippen molar-refractivity contribution in [1.82, 2.24) is 0 Å². The zero-order valence-electron chi connectivity index (χ0n) is 13.1. The van der Waals surface area contributed by atoms with Crippen molar-refractivity contribution in [3.8, 4) is 5.75 Å². The van der Waals surface area contributed by atoms with E-state index in [0.717, 1.165) is 5.56 Å². The van der Waals surface area contributed by atoms with E-state index in [1.54, 1.807) is 30.3 Å². The molecule has 0 radical (unpaired) electrons. The molecule has 0 fully saturated rings. The van der Waals surface area contributed by atoms with E-state index in [1.165, 1.54) is 4.90 Å². The van der Waals surface area contributed by atoms with Gasteiger partial charge in [0.15, 0.2) is 6.61 Å². The summed E-state index contributed by atoms with van der Waals surface area (Å²) in [4.78, 5) is 36.7. The van der Waals surface area contributed by atoms with E-state index in [-0.39, 0.29) is 25.0 Å². The van der Waals surface area contributed by atoms with Crippen molar-refractivity contribution in [2.45, 2.75) is 6.92 Å². The van der Waals surface area contributed by atoms with Crippen LogP contribution in [0.3, 0.4) is 0 Å². The number of aldehydes is 1. The molecule has 2 aromatic carbocycles. The van der Waals surface area contributed by atoms with Gasteiger partial charge in [0.2, 0.25) is 5.91 Å². The molecule has 6 nitrogen and oxygen atoms in total. The van der Waals surface area contributed by atoms with Crippen molar-refractivity contribution < 1.29 is 19.1 Å². The molecule has 0 saturated heterocycles. The molecule has 0 spiro atoms. The smallest absolute Gasteiger partial charge is 0.265 e. The van der Waals surface area contributed by atoms with Crippen LogP contribution >= 0.6 is 0 Å². The summed E-state index contributed by atoms with van der Waals surface area (Å²) in [6.45, 7) is 1.68. The molecule has 1 N–H and O–H groups in total. The summed E-state index contributed by atoms with van der Waals surface area (Å²) in [5.74, 6) is -0.176. The van der Waals surface area contributed by atoms with Gasteiger partial charge in [-0.25, -0.2) is 0 Å². The van der Waals surface area contributed by atoms with Gasteiger partial charge in [-0.2, -0.15) is 0 Å². The van der Waals surface area contributed by atoms with Crippen LogP contribution in [-0.4, -0.2) is 31.3 Å². The molecule has 6 heteroatoms. The fraction of sp³-hybridized carbons (Fsp3) is 0.167. The van der Waals surface area contributed by atoms with E-state index in [4.69, 9.17) is 4.74 Å². The average molecular weight is 324 g/mol. The normalized spacial score (nSPS) is 13.0. The molecule has 122 valence electrons. The number of hydrogen-bond donors (Lipinski definition) is 1. The van der Waals surface area contributed by atoms with Crippen LogP contribution in [0, 0.1) is 6.92 Å². The summed E-state index contributed by atoms with van der Waals surface area (Å²) in [6.07, 6.45) is 0.684. The Kier molecular flexibility index (Phi) is 4.29. The van der Waals surface area contributed by atoms with Gasteiger partial charge >= 0.3 is 0 Å². The molecule has 0 saturated carbocycles. The number of carbonyl (C=O) groups excluding carboxylic acids is 3. The van der Waals surface area contributed by atoms with Crippen molar-refractivity contribution in [3.05, 3.63) is 53.6 Å². The van der Waals surface area contributed by atoms with E-state index >= 15 is 0 Å². The third kappa shape index (κ3) is 3.27. The molecule has 2 amide bonds. The molecular formula is C18H16N2O4. The van der Waals surface area contributed by atoms with Crippen LogP contribution in [0.2, 0.25) is 0 Å². The summed E-state index contributed by atoms with van der Waals surface area (Å²) >= 11 is 0.